The summed E-state index contributed by atoms with van der Waals surface area (Å²) in [6.07, 6.45) is 0.772. The largest absolute Gasteiger partial charge is 0.507 e. The van der Waals surface area contributed by atoms with E-state index in [-0.39, 0.29) is 23.8 Å². The Hall–Kier alpha value is -2.09. The third-order valence-corrected chi connectivity index (χ3v) is 2.37. The van der Waals surface area contributed by atoms with E-state index < -0.39 is 11.7 Å². The smallest absolute Gasteiger partial charge is 0.255 e. The molecule has 1 rings (SSSR count). The molecule has 0 aromatic heterocycles. The van der Waals surface area contributed by atoms with Gasteiger partial charge in [0.25, 0.3) is 5.91 Å². The van der Waals surface area contributed by atoms with Gasteiger partial charge in [-0.15, -0.1) is 0 Å². The van der Waals surface area contributed by atoms with Gasteiger partial charge in [0.1, 0.15) is 11.6 Å². The molecule has 4 nitrogen and oxygen atoms in total. The highest BCUT2D eigenvalue weighted by Gasteiger charge is 2.15. The number of carbonyl (C=O) groups excluding carboxylic acids is 1. The van der Waals surface area contributed by atoms with Gasteiger partial charge in [0.2, 0.25) is 0 Å². The highest BCUT2D eigenvalue weighted by molar-refractivity contribution is 5.96. The van der Waals surface area contributed by atoms with E-state index in [2.05, 4.69) is 5.32 Å². The number of nitrogens with one attached hydrogen (secondary N) is 1. The number of benzene rings is 1. The van der Waals surface area contributed by atoms with Crippen molar-refractivity contribution in [2.24, 2.45) is 0 Å². The number of nitrogens with zero attached hydrogens (tertiary/aromatic N) is 1. The monoisotopic (exact) mass is 236 g/mol. The highest BCUT2D eigenvalue weighted by Crippen LogP contribution is 2.18. The molecule has 0 heterocycles. The molecule has 17 heavy (non-hydrogen) atoms. The molecule has 0 saturated heterocycles. The fraction of sp³-hybridized carbons (Fsp3) is 0.333. The summed E-state index contributed by atoms with van der Waals surface area (Å²) in [5.74, 6) is -1.46. The van der Waals surface area contributed by atoms with Crippen LogP contribution in [-0.2, 0) is 0 Å². The van der Waals surface area contributed by atoms with Crippen molar-refractivity contribution in [2.75, 3.05) is 0 Å². The van der Waals surface area contributed by atoms with E-state index in [1.165, 1.54) is 0 Å². The summed E-state index contributed by atoms with van der Waals surface area (Å²) in [4.78, 5) is 11.7. The van der Waals surface area contributed by atoms with Gasteiger partial charge >= 0.3 is 0 Å². The number of aromatic hydroxyl groups is 1. The minimum atomic E-state index is -0.596. The van der Waals surface area contributed by atoms with Crippen LogP contribution in [-0.4, -0.2) is 17.1 Å². The Kier molecular flexibility index (Phi) is 4.46. The van der Waals surface area contributed by atoms with Gasteiger partial charge in [-0.1, -0.05) is 6.92 Å². The van der Waals surface area contributed by atoms with E-state index in [0.717, 1.165) is 18.2 Å². The normalized spacial score (nSPS) is 11.6. The highest BCUT2D eigenvalue weighted by atomic mass is 19.1. The van der Waals surface area contributed by atoms with Crippen LogP contribution in [0.15, 0.2) is 18.2 Å². The molecule has 1 amide bonds. The van der Waals surface area contributed by atoms with Gasteiger partial charge in [-0.3, -0.25) is 4.79 Å². The van der Waals surface area contributed by atoms with Crippen molar-refractivity contribution in [1.29, 1.82) is 5.26 Å². The predicted molar refractivity (Wildman–Crippen MR) is 59.8 cm³/mol. The van der Waals surface area contributed by atoms with Crippen LogP contribution in [0.4, 0.5) is 4.39 Å². The number of rotatable bonds is 4. The van der Waals surface area contributed by atoms with Crippen LogP contribution in [0, 0.1) is 17.1 Å². The molecule has 0 saturated carbocycles. The third-order valence-electron chi connectivity index (χ3n) is 2.37. The minimum Gasteiger partial charge on any atom is -0.507 e. The average molecular weight is 236 g/mol. The van der Waals surface area contributed by atoms with Crippen LogP contribution in [0.3, 0.4) is 0 Å². The van der Waals surface area contributed by atoms with Crippen molar-refractivity contribution in [3.05, 3.63) is 29.6 Å². The summed E-state index contributed by atoms with van der Waals surface area (Å²) in [7, 11) is 0. The zero-order chi connectivity index (χ0) is 12.8. The van der Waals surface area contributed by atoms with Gasteiger partial charge in [0, 0.05) is 6.04 Å². The van der Waals surface area contributed by atoms with Crippen molar-refractivity contribution in [3.63, 3.8) is 0 Å². The molecule has 0 radical (unpaired) electrons. The van der Waals surface area contributed by atoms with E-state index in [1.54, 1.807) is 0 Å². The first-order valence-electron chi connectivity index (χ1n) is 5.24. The second-order valence-electron chi connectivity index (χ2n) is 3.60. The minimum absolute atomic E-state index is 0.124. The number of hydrogen-bond donors (Lipinski definition) is 2. The molecule has 2 N–H and O–H groups in total. The topological polar surface area (TPSA) is 73.1 Å². The number of hydrogen-bond acceptors (Lipinski definition) is 3. The standard InChI is InChI=1S/C12H13FN2O2/c1-2-9(5-6-14)15-12(17)10-7-8(13)3-4-11(10)16/h3-4,7,9,16H,2,5H2,1H3,(H,15,17). The molecule has 0 bridgehead atoms. The Labute approximate surface area is 98.7 Å². The molecule has 1 aromatic carbocycles. The number of carbonyl (C=O) groups is 1. The fourth-order valence-corrected chi connectivity index (χ4v) is 1.36. The lowest BCUT2D eigenvalue weighted by molar-refractivity contribution is 0.0933. The number of phenols is 1. The van der Waals surface area contributed by atoms with Crippen LogP contribution >= 0.6 is 0 Å². The van der Waals surface area contributed by atoms with Gasteiger partial charge in [0.05, 0.1) is 18.1 Å². The molecular formula is C12H13FN2O2. The maximum Gasteiger partial charge on any atom is 0.255 e. The van der Waals surface area contributed by atoms with Crippen LogP contribution in [0.1, 0.15) is 30.1 Å². The average Bonchev–Trinajstić information content (AvgIpc) is 2.31. The number of phenolic OH excluding ortho intramolecular Hbond substituents is 1. The summed E-state index contributed by atoms with van der Waals surface area (Å²) >= 11 is 0. The summed E-state index contributed by atoms with van der Waals surface area (Å²) in [6.45, 7) is 1.83. The molecular weight excluding hydrogens is 223 g/mol. The summed E-state index contributed by atoms with van der Waals surface area (Å²) < 4.78 is 12.9. The number of nitriles is 1. The molecule has 1 atom stereocenters. The van der Waals surface area contributed by atoms with Gasteiger partial charge < -0.3 is 10.4 Å². The maximum absolute atomic E-state index is 12.9. The Balaban J connectivity index is 2.82. The van der Waals surface area contributed by atoms with E-state index >= 15 is 0 Å². The molecule has 90 valence electrons. The van der Waals surface area contributed by atoms with Crippen molar-refractivity contribution in [2.45, 2.75) is 25.8 Å². The Morgan fingerprint density at radius 3 is 2.94 bits per heavy atom. The predicted octanol–water partition coefficient (Wildman–Crippen LogP) is 1.95. The molecule has 1 aromatic rings. The first kappa shape index (κ1) is 13.0. The first-order valence-corrected chi connectivity index (χ1v) is 5.24. The van der Waals surface area contributed by atoms with E-state index in [0.29, 0.717) is 6.42 Å². The number of halogens is 1. The second-order valence-corrected chi connectivity index (χ2v) is 3.60. The Bertz CT molecular complexity index is 454. The van der Waals surface area contributed by atoms with E-state index in [4.69, 9.17) is 5.26 Å². The van der Waals surface area contributed by atoms with Crippen LogP contribution in [0.5, 0.6) is 5.75 Å². The molecule has 0 aliphatic carbocycles. The molecule has 0 fully saturated rings. The lowest BCUT2D eigenvalue weighted by atomic mass is 10.1. The second kappa shape index (κ2) is 5.85. The van der Waals surface area contributed by atoms with Crippen LogP contribution in [0.2, 0.25) is 0 Å². The summed E-state index contributed by atoms with van der Waals surface area (Å²) in [5, 5.41) is 20.5. The maximum atomic E-state index is 12.9. The Morgan fingerprint density at radius 2 is 2.35 bits per heavy atom. The van der Waals surface area contributed by atoms with Gasteiger partial charge in [-0.2, -0.15) is 5.26 Å². The fourth-order valence-electron chi connectivity index (χ4n) is 1.36. The van der Waals surface area contributed by atoms with Crippen molar-refractivity contribution in [1.82, 2.24) is 5.32 Å². The molecule has 0 spiro atoms. The van der Waals surface area contributed by atoms with E-state index in [9.17, 15) is 14.3 Å². The zero-order valence-electron chi connectivity index (χ0n) is 9.40. The first-order chi connectivity index (χ1) is 8.08. The van der Waals surface area contributed by atoms with Crippen LogP contribution < -0.4 is 5.32 Å². The van der Waals surface area contributed by atoms with Gasteiger partial charge in [-0.05, 0) is 24.6 Å². The Morgan fingerprint density at radius 1 is 1.65 bits per heavy atom. The quantitative estimate of drug-likeness (QED) is 0.839. The lowest BCUT2D eigenvalue weighted by Crippen LogP contribution is -2.34. The van der Waals surface area contributed by atoms with Crippen molar-refractivity contribution < 1.29 is 14.3 Å². The zero-order valence-corrected chi connectivity index (χ0v) is 9.40. The number of amides is 1. The summed E-state index contributed by atoms with van der Waals surface area (Å²) in [5.41, 5.74) is -0.124. The molecule has 1 unspecified atom stereocenters. The molecule has 5 heteroatoms. The van der Waals surface area contributed by atoms with Gasteiger partial charge in [-0.25, -0.2) is 4.39 Å². The third kappa shape index (κ3) is 3.45. The van der Waals surface area contributed by atoms with Crippen LogP contribution in [0.25, 0.3) is 0 Å². The van der Waals surface area contributed by atoms with Crippen molar-refractivity contribution in [3.8, 4) is 11.8 Å². The SMILES string of the molecule is CCC(CC#N)NC(=O)c1cc(F)ccc1O. The molecule has 0 aliphatic rings. The van der Waals surface area contributed by atoms with Gasteiger partial charge in [0.15, 0.2) is 0 Å². The lowest BCUT2D eigenvalue weighted by Gasteiger charge is -2.14. The summed E-state index contributed by atoms with van der Waals surface area (Å²) in [6, 6.07) is 4.80. The van der Waals surface area contributed by atoms with Crippen molar-refractivity contribution >= 4 is 5.91 Å². The molecule has 0 aliphatic heterocycles. The van der Waals surface area contributed by atoms with E-state index in [1.807, 2.05) is 13.0 Å².